The van der Waals surface area contributed by atoms with Crippen LogP contribution in [0.1, 0.15) is 16.1 Å². The van der Waals surface area contributed by atoms with Crippen molar-refractivity contribution in [1.82, 2.24) is 5.16 Å². The summed E-state index contributed by atoms with van der Waals surface area (Å²) in [6.07, 6.45) is 0. The molecule has 0 radical (unpaired) electrons. The Hall–Kier alpha value is -1.69. The maximum absolute atomic E-state index is 12.8. The number of aromatic nitrogens is 1. The lowest BCUT2D eigenvalue weighted by Gasteiger charge is -1.98. The Morgan fingerprint density at radius 2 is 2.06 bits per heavy atom. The lowest BCUT2D eigenvalue weighted by atomic mass is 10.1. The van der Waals surface area contributed by atoms with Crippen LogP contribution in [0.5, 0.6) is 0 Å². The van der Waals surface area contributed by atoms with E-state index in [-0.39, 0.29) is 11.6 Å². The zero-order chi connectivity index (χ0) is 12.4. The molecular formula is C11H7BrFNO3. The van der Waals surface area contributed by atoms with Gasteiger partial charge in [0.15, 0.2) is 0 Å². The van der Waals surface area contributed by atoms with Gasteiger partial charge in [-0.3, -0.25) is 0 Å². The molecule has 1 aromatic carbocycles. The summed E-state index contributed by atoms with van der Waals surface area (Å²) in [5.74, 6) is -1.75. The molecule has 6 heteroatoms. The summed E-state index contributed by atoms with van der Waals surface area (Å²) in [6.45, 7) is 0. The van der Waals surface area contributed by atoms with Crippen molar-refractivity contribution >= 4 is 21.9 Å². The van der Waals surface area contributed by atoms with Gasteiger partial charge in [-0.2, -0.15) is 0 Å². The summed E-state index contributed by atoms with van der Waals surface area (Å²) < 4.78 is 17.5. The van der Waals surface area contributed by atoms with Crippen LogP contribution in [0.3, 0.4) is 0 Å². The average Bonchev–Trinajstić information content (AvgIpc) is 2.73. The minimum Gasteiger partial charge on any atom is -0.475 e. The van der Waals surface area contributed by atoms with Crippen molar-refractivity contribution in [3.05, 3.63) is 41.4 Å². The van der Waals surface area contributed by atoms with Gasteiger partial charge in [0, 0.05) is 16.5 Å². The third-order valence-corrected chi connectivity index (χ3v) is 2.79. The molecule has 0 aliphatic heterocycles. The summed E-state index contributed by atoms with van der Waals surface area (Å²) in [5, 5.41) is 12.9. The zero-order valence-electron chi connectivity index (χ0n) is 8.48. The van der Waals surface area contributed by atoms with E-state index in [2.05, 4.69) is 21.1 Å². The van der Waals surface area contributed by atoms with Gasteiger partial charge in [-0.25, -0.2) is 9.18 Å². The molecular weight excluding hydrogens is 293 g/mol. The molecule has 0 aliphatic carbocycles. The van der Waals surface area contributed by atoms with Crippen molar-refractivity contribution in [1.29, 1.82) is 0 Å². The molecule has 1 heterocycles. The molecule has 0 unspecified atom stereocenters. The smallest absolute Gasteiger partial charge is 0.375 e. The summed E-state index contributed by atoms with van der Waals surface area (Å²) in [5.41, 5.74) is 1.44. The number of hydrogen-bond acceptors (Lipinski definition) is 3. The Kier molecular flexibility index (Phi) is 3.23. The van der Waals surface area contributed by atoms with Crippen molar-refractivity contribution in [2.75, 3.05) is 0 Å². The fraction of sp³-hybridized carbons (Fsp3) is 0.0909. The van der Waals surface area contributed by atoms with Gasteiger partial charge >= 0.3 is 5.97 Å². The van der Waals surface area contributed by atoms with Crippen LogP contribution in [0.2, 0.25) is 0 Å². The SMILES string of the molecule is O=C(O)c1onc(-c2ccc(F)cc2)c1CBr. The van der Waals surface area contributed by atoms with Gasteiger partial charge in [0.25, 0.3) is 0 Å². The third kappa shape index (κ3) is 2.21. The van der Waals surface area contributed by atoms with Crippen molar-refractivity contribution in [2.24, 2.45) is 0 Å². The second-order valence-electron chi connectivity index (χ2n) is 3.28. The Balaban J connectivity index is 2.52. The highest BCUT2D eigenvalue weighted by molar-refractivity contribution is 9.08. The van der Waals surface area contributed by atoms with E-state index in [0.717, 1.165) is 0 Å². The molecule has 1 aromatic heterocycles. The molecule has 17 heavy (non-hydrogen) atoms. The largest absolute Gasteiger partial charge is 0.475 e. The van der Waals surface area contributed by atoms with Crippen LogP contribution in [0.4, 0.5) is 4.39 Å². The van der Waals surface area contributed by atoms with E-state index in [1.54, 1.807) is 0 Å². The minimum atomic E-state index is -1.18. The van der Waals surface area contributed by atoms with E-state index in [1.165, 1.54) is 24.3 Å². The Morgan fingerprint density at radius 3 is 2.59 bits per heavy atom. The van der Waals surface area contributed by atoms with Gasteiger partial charge in [0.05, 0.1) is 0 Å². The number of nitrogens with zero attached hydrogens (tertiary/aromatic N) is 1. The topological polar surface area (TPSA) is 63.3 Å². The van der Waals surface area contributed by atoms with E-state index < -0.39 is 5.97 Å². The number of carboxylic acids is 1. The van der Waals surface area contributed by atoms with Gasteiger partial charge in [0.1, 0.15) is 11.5 Å². The monoisotopic (exact) mass is 299 g/mol. The van der Waals surface area contributed by atoms with Crippen molar-refractivity contribution in [3.8, 4) is 11.3 Å². The first-order valence-electron chi connectivity index (χ1n) is 4.67. The number of aromatic carboxylic acids is 1. The van der Waals surface area contributed by atoms with Gasteiger partial charge in [-0.1, -0.05) is 21.1 Å². The molecule has 1 N–H and O–H groups in total. The van der Waals surface area contributed by atoms with Gasteiger partial charge in [0.2, 0.25) is 5.76 Å². The van der Waals surface area contributed by atoms with E-state index >= 15 is 0 Å². The highest BCUT2D eigenvalue weighted by Crippen LogP contribution is 2.27. The number of alkyl halides is 1. The maximum atomic E-state index is 12.8. The third-order valence-electron chi connectivity index (χ3n) is 2.23. The van der Waals surface area contributed by atoms with E-state index in [1.807, 2.05) is 0 Å². The van der Waals surface area contributed by atoms with Crippen molar-refractivity contribution in [2.45, 2.75) is 5.33 Å². The molecule has 88 valence electrons. The number of rotatable bonds is 3. The molecule has 0 spiro atoms. The molecule has 2 rings (SSSR count). The van der Waals surface area contributed by atoms with Crippen molar-refractivity contribution < 1.29 is 18.8 Å². The molecule has 0 amide bonds. The van der Waals surface area contributed by atoms with Crippen molar-refractivity contribution in [3.63, 3.8) is 0 Å². The molecule has 4 nitrogen and oxygen atoms in total. The first-order chi connectivity index (χ1) is 8.13. The molecule has 0 saturated carbocycles. The summed E-state index contributed by atoms with van der Waals surface area (Å²) >= 11 is 3.18. The molecule has 0 saturated heterocycles. The van der Waals surface area contributed by atoms with Gasteiger partial charge in [-0.15, -0.1) is 0 Å². The van der Waals surface area contributed by atoms with E-state index in [0.29, 0.717) is 22.2 Å². The summed E-state index contributed by atoms with van der Waals surface area (Å²) in [6, 6.07) is 5.60. The number of carbonyl (C=O) groups is 1. The van der Waals surface area contributed by atoms with Crippen LogP contribution in [0.25, 0.3) is 11.3 Å². The van der Waals surface area contributed by atoms with Crippen LogP contribution in [0, 0.1) is 5.82 Å². The number of halogens is 2. The lowest BCUT2D eigenvalue weighted by Crippen LogP contribution is -1.97. The Morgan fingerprint density at radius 1 is 1.41 bits per heavy atom. The average molecular weight is 300 g/mol. The second kappa shape index (κ2) is 4.67. The highest BCUT2D eigenvalue weighted by atomic mass is 79.9. The predicted octanol–water partition coefficient (Wildman–Crippen LogP) is 3.07. The summed E-state index contributed by atoms with van der Waals surface area (Å²) in [7, 11) is 0. The van der Waals surface area contributed by atoms with Crippen LogP contribution < -0.4 is 0 Å². The standard InChI is InChI=1S/C11H7BrFNO3/c12-5-8-9(14-17-10(8)11(15)16)6-1-3-7(13)4-2-6/h1-4H,5H2,(H,15,16). The first-order valence-corrected chi connectivity index (χ1v) is 5.79. The molecule has 0 aliphatic rings. The normalized spacial score (nSPS) is 10.5. The Labute approximate surface area is 104 Å². The van der Waals surface area contributed by atoms with Crippen LogP contribution >= 0.6 is 15.9 Å². The molecule has 2 aromatic rings. The second-order valence-corrected chi connectivity index (χ2v) is 3.85. The number of carboxylic acid groups (broad SMARTS) is 1. The van der Waals surface area contributed by atoms with Gasteiger partial charge in [-0.05, 0) is 24.3 Å². The minimum absolute atomic E-state index is 0.207. The quantitative estimate of drug-likeness (QED) is 0.885. The zero-order valence-corrected chi connectivity index (χ0v) is 10.1. The number of benzene rings is 1. The lowest BCUT2D eigenvalue weighted by molar-refractivity contribution is 0.0651. The molecule has 0 atom stereocenters. The molecule has 0 fully saturated rings. The number of hydrogen-bond donors (Lipinski definition) is 1. The highest BCUT2D eigenvalue weighted by Gasteiger charge is 2.21. The fourth-order valence-corrected chi connectivity index (χ4v) is 1.96. The maximum Gasteiger partial charge on any atom is 0.375 e. The predicted molar refractivity (Wildman–Crippen MR) is 61.5 cm³/mol. The Bertz CT molecular complexity index is 550. The van der Waals surface area contributed by atoms with Crippen LogP contribution in [-0.2, 0) is 5.33 Å². The first kappa shape index (κ1) is 11.8. The van der Waals surface area contributed by atoms with E-state index in [9.17, 15) is 9.18 Å². The van der Waals surface area contributed by atoms with Crippen LogP contribution in [0.15, 0.2) is 28.8 Å². The summed E-state index contributed by atoms with van der Waals surface area (Å²) in [4.78, 5) is 10.9. The molecule has 0 bridgehead atoms. The van der Waals surface area contributed by atoms with E-state index in [4.69, 9.17) is 9.63 Å². The van der Waals surface area contributed by atoms with Crippen LogP contribution in [-0.4, -0.2) is 16.2 Å². The fourth-order valence-electron chi connectivity index (χ4n) is 1.44. The van der Waals surface area contributed by atoms with Gasteiger partial charge < -0.3 is 9.63 Å².